The van der Waals surface area contributed by atoms with Crippen LogP contribution in [-0.2, 0) is 36.4 Å². The van der Waals surface area contributed by atoms with Crippen LogP contribution in [0.1, 0.15) is 73.3 Å². The van der Waals surface area contributed by atoms with Crippen LogP contribution in [0.4, 0.5) is 0 Å². The average molecular weight is 759 g/mol. The monoisotopic (exact) mass is 757 g/mol. The summed E-state index contributed by atoms with van der Waals surface area (Å²) in [6, 6.07) is 34.3. The molecular weight excluding hydrogens is 709 g/mol. The van der Waals surface area contributed by atoms with Crippen LogP contribution >= 0.6 is 23.2 Å². The SMILES string of the molecule is CC(C)C(=O)N(C)CC(CCN1CCC2(CC1)c1ccccc1C[S@]2=O)(c1ccc(Cl)c(Cl)c1)N(C)C(=O)CC(c1ccccc1)c1ccccc1. The van der Waals surface area contributed by atoms with Crippen molar-refractivity contribution in [2.45, 2.75) is 61.5 Å². The molecule has 0 saturated carbocycles. The Morgan fingerprint density at radius 3 is 2.04 bits per heavy atom. The minimum atomic E-state index is -0.955. The summed E-state index contributed by atoms with van der Waals surface area (Å²) in [6.45, 7) is 6.33. The summed E-state index contributed by atoms with van der Waals surface area (Å²) in [4.78, 5) is 34.4. The zero-order chi connectivity index (χ0) is 37.0. The van der Waals surface area contributed by atoms with E-state index in [9.17, 15) is 13.8 Å². The molecule has 0 aliphatic carbocycles. The van der Waals surface area contributed by atoms with Crippen LogP contribution in [0.25, 0.3) is 0 Å². The highest BCUT2D eigenvalue weighted by Crippen LogP contribution is 2.47. The van der Waals surface area contributed by atoms with Gasteiger partial charge in [-0.3, -0.25) is 13.8 Å². The summed E-state index contributed by atoms with van der Waals surface area (Å²) in [6.07, 6.45) is 2.42. The van der Waals surface area contributed by atoms with E-state index in [1.807, 2.05) is 87.4 Å². The molecule has 6 rings (SSSR count). The lowest BCUT2D eigenvalue weighted by atomic mass is 9.81. The summed E-state index contributed by atoms with van der Waals surface area (Å²) in [5.41, 5.74) is 4.47. The van der Waals surface area contributed by atoms with Crippen molar-refractivity contribution in [2.24, 2.45) is 5.92 Å². The number of halogens is 2. The number of hydrogen-bond donors (Lipinski definition) is 0. The van der Waals surface area contributed by atoms with Crippen LogP contribution in [0.5, 0.6) is 0 Å². The number of likely N-dealkylation sites (tertiary alicyclic amines) is 1. The van der Waals surface area contributed by atoms with E-state index in [4.69, 9.17) is 23.2 Å². The fourth-order valence-electron chi connectivity index (χ4n) is 8.30. The second-order valence-corrected chi connectivity index (χ2v) is 17.3. The van der Waals surface area contributed by atoms with Crippen LogP contribution in [0, 0.1) is 5.92 Å². The van der Waals surface area contributed by atoms with Gasteiger partial charge in [-0.15, -0.1) is 0 Å². The van der Waals surface area contributed by atoms with E-state index < -0.39 is 16.3 Å². The van der Waals surface area contributed by atoms with E-state index in [1.165, 1.54) is 11.1 Å². The van der Waals surface area contributed by atoms with Gasteiger partial charge in [0.25, 0.3) is 0 Å². The first kappa shape index (κ1) is 38.2. The molecule has 1 unspecified atom stereocenters. The van der Waals surface area contributed by atoms with E-state index in [2.05, 4.69) is 47.4 Å². The molecular formula is C43H49Cl2N3O3S. The second kappa shape index (κ2) is 16.3. The number of likely N-dealkylation sites (N-methyl/N-ethyl adjacent to an activating group) is 2. The van der Waals surface area contributed by atoms with Crippen molar-refractivity contribution in [1.82, 2.24) is 14.7 Å². The Labute approximate surface area is 321 Å². The fraction of sp³-hybridized carbons (Fsp3) is 0.395. The van der Waals surface area contributed by atoms with E-state index in [1.54, 1.807) is 11.0 Å². The number of amides is 2. The number of piperidine rings is 1. The molecule has 2 aliphatic rings. The maximum absolute atomic E-state index is 14.8. The summed E-state index contributed by atoms with van der Waals surface area (Å²) in [7, 11) is 2.74. The first-order valence-electron chi connectivity index (χ1n) is 18.2. The van der Waals surface area contributed by atoms with Crippen LogP contribution in [0.2, 0.25) is 10.0 Å². The number of rotatable bonds is 12. The maximum atomic E-state index is 14.8. The molecule has 0 radical (unpaired) electrons. The Morgan fingerprint density at radius 1 is 0.846 bits per heavy atom. The molecule has 2 amide bonds. The van der Waals surface area contributed by atoms with Gasteiger partial charge in [-0.1, -0.05) is 128 Å². The molecule has 1 spiro atoms. The largest absolute Gasteiger partial charge is 0.343 e. The van der Waals surface area contributed by atoms with E-state index in [0.29, 0.717) is 28.8 Å². The van der Waals surface area contributed by atoms with Gasteiger partial charge < -0.3 is 14.7 Å². The topological polar surface area (TPSA) is 60.9 Å². The highest BCUT2D eigenvalue weighted by Gasteiger charge is 2.48. The molecule has 0 N–H and O–H groups in total. The molecule has 4 aromatic carbocycles. The smallest absolute Gasteiger partial charge is 0.224 e. The maximum Gasteiger partial charge on any atom is 0.224 e. The Morgan fingerprint density at radius 2 is 1.44 bits per heavy atom. The first-order chi connectivity index (χ1) is 24.9. The van der Waals surface area contributed by atoms with Gasteiger partial charge >= 0.3 is 0 Å². The Hall–Kier alpha value is -3.49. The Balaban J connectivity index is 1.34. The third kappa shape index (κ3) is 7.75. The molecule has 2 aliphatic heterocycles. The molecule has 1 fully saturated rings. The first-order valence-corrected chi connectivity index (χ1v) is 20.3. The third-order valence-corrected chi connectivity index (χ3v) is 14.2. The molecule has 9 heteroatoms. The predicted molar refractivity (Wildman–Crippen MR) is 213 cm³/mol. The molecule has 1 saturated heterocycles. The molecule has 4 aromatic rings. The number of carbonyl (C=O) groups excluding carboxylic acids is 2. The molecule has 2 heterocycles. The highest BCUT2D eigenvalue weighted by atomic mass is 35.5. The molecule has 0 bridgehead atoms. The Bertz CT molecular complexity index is 1860. The van der Waals surface area contributed by atoms with Crippen molar-refractivity contribution in [3.8, 4) is 0 Å². The predicted octanol–water partition coefficient (Wildman–Crippen LogP) is 8.63. The van der Waals surface area contributed by atoms with Gasteiger partial charge in [-0.05, 0) is 72.3 Å². The molecule has 274 valence electrons. The van der Waals surface area contributed by atoms with Gasteiger partial charge in [-0.25, -0.2) is 0 Å². The van der Waals surface area contributed by atoms with Gasteiger partial charge in [0, 0.05) is 62.0 Å². The number of fused-ring (bicyclic) bond motifs is 2. The van der Waals surface area contributed by atoms with Crippen molar-refractivity contribution in [3.05, 3.63) is 141 Å². The lowest BCUT2D eigenvalue weighted by molar-refractivity contribution is -0.143. The molecule has 0 aromatic heterocycles. The van der Waals surface area contributed by atoms with E-state index in [-0.39, 0.29) is 41.4 Å². The quantitative estimate of drug-likeness (QED) is 0.145. The lowest BCUT2D eigenvalue weighted by Crippen LogP contribution is -2.56. The highest BCUT2D eigenvalue weighted by molar-refractivity contribution is 7.85. The summed E-state index contributed by atoms with van der Waals surface area (Å²) >= 11 is 13.2. The number of benzene rings is 4. The van der Waals surface area contributed by atoms with Gasteiger partial charge in [0.1, 0.15) is 0 Å². The lowest BCUT2D eigenvalue weighted by Gasteiger charge is -2.47. The third-order valence-electron chi connectivity index (χ3n) is 11.4. The molecule has 52 heavy (non-hydrogen) atoms. The summed E-state index contributed by atoms with van der Waals surface area (Å²) in [5, 5.41) is 0.829. The summed E-state index contributed by atoms with van der Waals surface area (Å²) < 4.78 is 13.3. The zero-order valence-electron chi connectivity index (χ0n) is 30.6. The fourth-order valence-corrected chi connectivity index (χ4v) is 10.5. The minimum Gasteiger partial charge on any atom is -0.343 e. The zero-order valence-corrected chi connectivity index (χ0v) is 32.9. The van der Waals surface area contributed by atoms with Gasteiger partial charge in [0.15, 0.2) is 0 Å². The van der Waals surface area contributed by atoms with Crippen LogP contribution in [0.15, 0.2) is 103 Å². The molecule has 2 atom stereocenters. The van der Waals surface area contributed by atoms with E-state index in [0.717, 1.165) is 42.6 Å². The number of hydrogen-bond acceptors (Lipinski definition) is 4. The van der Waals surface area contributed by atoms with Crippen molar-refractivity contribution >= 4 is 45.8 Å². The second-order valence-electron chi connectivity index (χ2n) is 14.8. The normalized spacial score (nSPS) is 18.0. The van der Waals surface area contributed by atoms with Crippen LogP contribution in [-0.4, -0.2) is 71.0 Å². The van der Waals surface area contributed by atoms with Crippen molar-refractivity contribution in [3.63, 3.8) is 0 Å². The van der Waals surface area contributed by atoms with Gasteiger partial charge in [0.2, 0.25) is 11.8 Å². The van der Waals surface area contributed by atoms with Gasteiger partial charge in [-0.2, -0.15) is 0 Å². The van der Waals surface area contributed by atoms with Crippen LogP contribution < -0.4 is 0 Å². The van der Waals surface area contributed by atoms with Crippen molar-refractivity contribution in [2.75, 3.05) is 40.3 Å². The average Bonchev–Trinajstić information content (AvgIpc) is 3.43. The van der Waals surface area contributed by atoms with E-state index >= 15 is 0 Å². The van der Waals surface area contributed by atoms with Crippen molar-refractivity contribution in [1.29, 1.82) is 0 Å². The van der Waals surface area contributed by atoms with Crippen LogP contribution in [0.3, 0.4) is 0 Å². The standard InChI is InChI=1S/C43H49Cl2N3O3S/c1-31(2)41(50)46(3)30-42(35-19-20-38(44)39(45)27-35,21-24-48-25-22-43(23-26-48)37-18-12-11-17-34(37)29-52(43)51)47(4)40(49)28-36(32-13-7-5-8-14-32)33-15-9-6-10-16-33/h5-20,27,31,36H,21-26,28-30H2,1-4H3/t42?,52-/m1/s1. The molecule has 6 nitrogen and oxygen atoms in total. The minimum absolute atomic E-state index is 0.000903. The summed E-state index contributed by atoms with van der Waals surface area (Å²) in [5.74, 6) is 0.203. The number of nitrogens with zero attached hydrogens (tertiary/aromatic N) is 3. The van der Waals surface area contributed by atoms with Crippen molar-refractivity contribution < 1.29 is 13.8 Å². The Kier molecular flexibility index (Phi) is 12.0. The number of carbonyl (C=O) groups is 2. The van der Waals surface area contributed by atoms with Gasteiger partial charge in [0.05, 0.1) is 20.3 Å².